The largest absolute Gasteiger partial charge is 0.360 e. The van der Waals surface area contributed by atoms with Crippen LogP contribution < -0.4 is 0 Å². The van der Waals surface area contributed by atoms with Crippen LogP contribution in [-0.4, -0.2) is 32.2 Å². The summed E-state index contributed by atoms with van der Waals surface area (Å²) in [5, 5.41) is 0. The minimum atomic E-state index is -0.414. The quantitative estimate of drug-likeness (QED) is 0.371. The summed E-state index contributed by atoms with van der Waals surface area (Å²) in [5.41, 5.74) is 1.04. The molecule has 0 rings (SSSR count). The predicted octanol–water partition coefficient (Wildman–Crippen LogP) is 2.76. The van der Waals surface area contributed by atoms with E-state index in [-0.39, 0.29) is 6.10 Å². The fourth-order valence-corrected chi connectivity index (χ4v) is 1.22. The van der Waals surface area contributed by atoms with E-state index in [9.17, 15) is 0 Å². The topological polar surface area (TPSA) is 27.7 Å². The van der Waals surface area contributed by atoms with Crippen molar-refractivity contribution in [2.75, 3.05) is 19.8 Å². The van der Waals surface area contributed by atoms with Gasteiger partial charge < -0.3 is 14.2 Å². The zero-order chi connectivity index (χ0) is 13.1. The van der Waals surface area contributed by atoms with Crippen LogP contribution in [0.15, 0.2) is 12.2 Å². The molecule has 0 aromatic rings. The van der Waals surface area contributed by atoms with Gasteiger partial charge in [-0.1, -0.05) is 24.0 Å². The zero-order valence-electron chi connectivity index (χ0n) is 11.4. The maximum absolute atomic E-state index is 5.54. The Morgan fingerprint density at radius 1 is 1.06 bits per heavy atom. The van der Waals surface area contributed by atoms with Crippen molar-refractivity contribution in [1.29, 1.82) is 0 Å². The lowest BCUT2D eigenvalue weighted by atomic mass is 10.2. The Hall–Kier alpha value is -0.820. The van der Waals surface area contributed by atoms with Crippen molar-refractivity contribution < 1.29 is 14.2 Å². The molecule has 98 valence electrons. The summed E-state index contributed by atoms with van der Waals surface area (Å²) in [6, 6.07) is 0. The molecule has 0 aliphatic rings. The maximum Gasteiger partial charge on any atom is 0.195 e. The van der Waals surface area contributed by atoms with E-state index in [1.165, 1.54) is 0 Å². The van der Waals surface area contributed by atoms with Gasteiger partial charge in [0, 0.05) is 26.2 Å². The second kappa shape index (κ2) is 10.3. The molecule has 0 aromatic heterocycles. The standard InChI is InChI=1S/C14H24O3/c1-6-15-13(11-9-10-12(4)5)14(16-7-2)17-8-3/h13-14H,4,6-8,10H2,1-3,5H3. The van der Waals surface area contributed by atoms with E-state index in [1.54, 1.807) is 0 Å². The molecular formula is C14H24O3. The summed E-state index contributed by atoms with van der Waals surface area (Å²) < 4.78 is 16.5. The highest BCUT2D eigenvalue weighted by Gasteiger charge is 2.20. The van der Waals surface area contributed by atoms with Gasteiger partial charge >= 0.3 is 0 Å². The van der Waals surface area contributed by atoms with Crippen molar-refractivity contribution in [3.05, 3.63) is 12.2 Å². The first kappa shape index (κ1) is 16.2. The molecule has 0 radical (unpaired) electrons. The van der Waals surface area contributed by atoms with Crippen LogP contribution in [0, 0.1) is 11.8 Å². The molecule has 0 aliphatic carbocycles. The first-order chi connectivity index (χ1) is 8.15. The summed E-state index contributed by atoms with van der Waals surface area (Å²) in [7, 11) is 0. The van der Waals surface area contributed by atoms with E-state index >= 15 is 0 Å². The second-order valence-electron chi connectivity index (χ2n) is 3.61. The van der Waals surface area contributed by atoms with Gasteiger partial charge in [0.2, 0.25) is 0 Å². The Morgan fingerprint density at radius 3 is 2.00 bits per heavy atom. The minimum Gasteiger partial charge on any atom is -0.360 e. The normalized spacial score (nSPS) is 12.1. The van der Waals surface area contributed by atoms with Gasteiger partial charge in [-0.3, -0.25) is 0 Å². The van der Waals surface area contributed by atoms with Crippen molar-refractivity contribution >= 4 is 0 Å². The third-order valence-corrected chi connectivity index (χ3v) is 1.89. The van der Waals surface area contributed by atoms with Crippen LogP contribution in [0.2, 0.25) is 0 Å². The average molecular weight is 240 g/mol. The monoisotopic (exact) mass is 240 g/mol. The van der Waals surface area contributed by atoms with E-state index < -0.39 is 6.29 Å². The molecule has 0 saturated carbocycles. The molecule has 0 aromatic carbocycles. The van der Waals surface area contributed by atoms with Crippen molar-refractivity contribution in [2.45, 2.75) is 46.5 Å². The molecule has 3 heteroatoms. The Labute approximate surface area is 105 Å². The molecule has 0 saturated heterocycles. The lowest BCUT2D eigenvalue weighted by molar-refractivity contribution is -0.186. The third kappa shape index (κ3) is 7.98. The van der Waals surface area contributed by atoms with Crippen LogP contribution in [0.4, 0.5) is 0 Å². The Balaban J connectivity index is 4.51. The highest BCUT2D eigenvalue weighted by Crippen LogP contribution is 2.06. The zero-order valence-corrected chi connectivity index (χ0v) is 11.4. The number of hydrogen-bond acceptors (Lipinski definition) is 3. The first-order valence-corrected chi connectivity index (χ1v) is 6.13. The van der Waals surface area contributed by atoms with E-state index in [0.717, 1.165) is 5.57 Å². The van der Waals surface area contributed by atoms with Crippen LogP contribution in [-0.2, 0) is 14.2 Å². The maximum atomic E-state index is 5.54. The average Bonchev–Trinajstić information content (AvgIpc) is 2.27. The predicted molar refractivity (Wildman–Crippen MR) is 69.7 cm³/mol. The number of ether oxygens (including phenoxy) is 3. The Kier molecular flexibility index (Phi) is 9.84. The molecule has 0 aliphatic heterocycles. The second-order valence-corrected chi connectivity index (χ2v) is 3.61. The van der Waals surface area contributed by atoms with Crippen LogP contribution >= 0.6 is 0 Å². The highest BCUT2D eigenvalue weighted by atomic mass is 16.7. The summed E-state index contributed by atoms with van der Waals surface area (Å²) in [4.78, 5) is 0. The van der Waals surface area contributed by atoms with Crippen molar-refractivity contribution in [3.8, 4) is 11.8 Å². The smallest absolute Gasteiger partial charge is 0.195 e. The summed E-state index contributed by atoms with van der Waals surface area (Å²) in [5.74, 6) is 6.07. The van der Waals surface area contributed by atoms with Crippen LogP contribution in [0.3, 0.4) is 0 Å². The third-order valence-electron chi connectivity index (χ3n) is 1.89. The summed E-state index contributed by atoms with van der Waals surface area (Å²) >= 11 is 0. The lowest BCUT2D eigenvalue weighted by Crippen LogP contribution is -2.33. The molecule has 17 heavy (non-hydrogen) atoms. The lowest BCUT2D eigenvalue weighted by Gasteiger charge is -2.22. The van der Waals surface area contributed by atoms with E-state index in [0.29, 0.717) is 26.2 Å². The van der Waals surface area contributed by atoms with Crippen molar-refractivity contribution in [1.82, 2.24) is 0 Å². The molecule has 3 nitrogen and oxygen atoms in total. The molecule has 1 unspecified atom stereocenters. The van der Waals surface area contributed by atoms with Gasteiger partial charge in [-0.2, -0.15) is 0 Å². The van der Waals surface area contributed by atoms with Gasteiger partial charge in [0.25, 0.3) is 0 Å². The minimum absolute atomic E-state index is 0.334. The first-order valence-electron chi connectivity index (χ1n) is 6.13. The Morgan fingerprint density at radius 2 is 1.59 bits per heavy atom. The highest BCUT2D eigenvalue weighted by molar-refractivity contribution is 5.12. The molecule has 0 heterocycles. The summed E-state index contributed by atoms with van der Waals surface area (Å²) in [6.45, 7) is 13.3. The number of hydrogen-bond donors (Lipinski definition) is 0. The molecule has 0 spiro atoms. The number of rotatable bonds is 8. The molecule has 1 atom stereocenters. The van der Waals surface area contributed by atoms with Gasteiger partial charge in [-0.05, 0) is 27.7 Å². The summed E-state index contributed by atoms with van der Waals surface area (Å²) in [6.07, 6.45) is -0.0732. The molecule has 0 amide bonds. The van der Waals surface area contributed by atoms with Crippen LogP contribution in [0.5, 0.6) is 0 Å². The number of allylic oxidation sites excluding steroid dienone is 1. The van der Waals surface area contributed by atoms with E-state index in [1.807, 2.05) is 27.7 Å². The van der Waals surface area contributed by atoms with E-state index in [4.69, 9.17) is 14.2 Å². The van der Waals surface area contributed by atoms with Crippen molar-refractivity contribution in [2.24, 2.45) is 0 Å². The molecule has 0 fully saturated rings. The van der Waals surface area contributed by atoms with E-state index in [2.05, 4.69) is 18.4 Å². The van der Waals surface area contributed by atoms with Gasteiger partial charge in [-0.25, -0.2) is 0 Å². The fraction of sp³-hybridized carbons (Fsp3) is 0.714. The van der Waals surface area contributed by atoms with Crippen LogP contribution in [0.25, 0.3) is 0 Å². The molecule has 0 N–H and O–H groups in total. The fourth-order valence-electron chi connectivity index (χ4n) is 1.22. The molecular weight excluding hydrogens is 216 g/mol. The SMILES string of the molecule is C=C(C)CC#CC(OCC)C(OCC)OCC. The van der Waals surface area contributed by atoms with Gasteiger partial charge in [0.15, 0.2) is 12.4 Å². The van der Waals surface area contributed by atoms with Gasteiger partial charge in [0.1, 0.15) is 0 Å². The van der Waals surface area contributed by atoms with Gasteiger partial charge in [0.05, 0.1) is 0 Å². The molecule has 0 bridgehead atoms. The van der Waals surface area contributed by atoms with Crippen LogP contribution in [0.1, 0.15) is 34.1 Å². The van der Waals surface area contributed by atoms with Crippen molar-refractivity contribution in [3.63, 3.8) is 0 Å². The Bertz CT molecular complexity index is 256. The van der Waals surface area contributed by atoms with Gasteiger partial charge in [-0.15, -0.1) is 0 Å².